The molecule has 0 fully saturated rings. The number of anilines is 1. The van der Waals surface area contributed by atoms with E-state index in [0.717, 1.165) is 22.5 Å². The Kier molecular flexibility index (Phi) is 2.04. The number of rotatable bonds is 1. The van der Waals surface area contributed by atoms with Gasteiger partial charge < -0.3 is 5.73 Å². The van der Waals surface area contributed by atoms with Crippen LogP contribution < -0.4 is 5.73 Å². The fourth-order valence-corrected chi connectivity index (χ4v) is 1.70. The van der Waals surface area contributed by atoms with Gasteiger partial charge in [0.25, 0.3) is 0 Å². The highest BCUT2D eigenvalue weighted by Gasteiger charge is 2.09. The fourth-order valence-electron chi connectivity index (χ4n) is 1.70. The molecule has 0 aliphatic rings. The minimum Gasteiger partial charge on any atom is -0.398 e. The summed E-state index contributed by atoms with van der Waals surface area (Å²) < 4.78 is 1.70. The van der Waals surface area contributed by atoms with Crippen molar-refractivity contribution < 1.29 is 0 Å². The van der Waals surface area contributed by atoms with Gasteiger partial charge in [0.05, 0.1) is 0 Å². The van der Waals surface area contributed by atoms with Crippen molar-refractivity contribution in [1.29, 1.82) is 0 Å². The van der Waals surface area contributed by atoms with Gasteiger partial charge in [-0.05, 0) is 30.7 Å². The summed E-state index contributed by atoms with van der Waals surface area (Å²) in [5.41, 5.74) is 9.33. The van der Waals surface area contributed by atoms with Crippen LogP contribution in [0.15, 0.2) is 36.5 Å². The summed E-state index contributed by atoms with van der Waals surface area (Å²) in [6.07, 6.45) is 1.71. The zero-order valence-electron chi connectivity index (χ0n) is 9.33. The van der Waals surface area contributed by atoms with Crippen molar-refractivity contribution in [3.8, 4) is 11.4 Å². The zero-order chi connectivity index (χ0) is 11.8. The van der Waals surface area contributed by atoms with Gasteiger partial charge in [-0.1, -0.05) is 12.1 Å². The summed E-state index contributed by atoms with van der Waals surface area (Å²) in [5, 5.41) is 12.4. The Hall–Kier alpha value is -2.43. The number of nitrogens with zero attached hydrogens (tertiary/aromatic N) is 4. The molecule has 0 aliphatic carbocycles. The van der Waals surface area contributed by atoms with Gasteiger partial charge in [-0.25, -0.2) is 0 Å². The Morgan fingerprint density at radius 1 is 1.18 bits per heavy atom. The average molecular weight is 225 g/mol. The number of hydrogen-bond acceptors (Lipinski definition) is 4. The molecule has 17 heavy (non-hydrogen) atoms. The molecule has 0 atom stereocenters. The molecule has 3 aromatic rings. The Labute approximate surface area is 97.9 Å². The topological polar surface area (TPSA) is 69.1 Å². The number of nitrogens with two attached hydrogens (primary N) is 1. The monoisotopic (exact) mass is 225 g/mol. The molecule has 2 N–H and O–H groups in total. The van der Waals surface area contributed by atoms with Crippen LogP contribution in [0, 0.1) is 6.92 Å². The second kappa shape index (κ2) is 3.55. The maximum absolute atomic E-state index is 5.89. The number of aryl methyl sites for hydroxylation is 1. The van der Waals surface area contributed by atoms with Crippen molar-refractivity contribution in [2.24, 2.45) is 0 Å². The first-order chi connectivity index (χ1) is 8.25. The summed E-state index contributed by atoms with van der Waals surface area (Å²) in [5.74, 6) is 0.701. The number of fused-ring (bicyclic) bond motifs is 1. The van der Waals surface area contributed by atoms with Crippen LogP contribution in [0.5, 0.6) is 0 Å². The van der Waals surface area contributed by atoms with Crippen molar-refractivity contribution in [3.05, 3.63) is 42.1 Å². The minimum absolute atomic E-state index is 0.701. The van der Waals surface area contributed by atoms with Gasteiger partial charge in [0.1, 0.15) is 0 Å². The number of benzene rings is 1. The molecule has 2 heterocycles. The largest absolute Gasteiger partial charge is 0.398 e. The summed E-state index contributed by atoms with van der Waals surface area (Å²) >= 11 is 0. The molecular formula is C12H11N5. The molecule has 84 valence electrons. The SMILES string of the molecule is Cc1ccc(-c2nnc3cccnn23)cc1N. The first-order valence-corrected chi connectivity index (χ1v) is 5.28. The zero-order valence-corrected chi connectivity index (χ0v) is 9.33. The van der Waals surface area contributed by atoms with Gasteiger partial charge >= 0.3 is 0 Å². The molecule has 2 aromatic heterocycles. The molecule has 0 spiro atoms. The standard InChI is InChI=1S/C12H11N5/c1-8-4-5-9(7-10(8)13)12-16-15-11-3-2-6-14-17(11)12/h2-7H,13H2,1H3. The summed E-state index contributed by atoms with van der Waals surface area (Å²) in [7, 11) is 0. The van der Waals surface area contributed by atoms with Crippen molar-refractivity contribution in [3.63, 3.8) is 0 Å². The van der Waals surface area contributed by atoms with Crippen LogP contribution in [0.1, 0.15) is 5.56 Å². The summed E-state index contributed by atoms with van der Waals surface area (Å²) in [6, 6.07) is 9.52. The van der Waals surface area contributed by atoms with E-state index >= 15 is 0 Å². The predicted octanol–water partition coefficient (Wildman–Crippen LogP) is 1.68. The molecule has 1 aromatic carbocycles. The Morgan fingerprint density at radius 2 is 2.06 bits per heavy atom. The Bertz CT molecular complexity index is 686. The molecule has 0 radical (unpaired) electrons. The second-order valence-corrected chi connectivity index (χ2v) is 3.89. The highest BCUT2D eigenvalue weighted by Crippen LogP contribution is 2.21. The molecule has 0 saturated heterocycles. The third kappa shape index (κ3) is 1.52. The molecular weight excluding hydrogens is 214 g/mol. The van der Waals surface area contributed by atoms with Gasteiger partial charge in [-0.15, -0.1) is 10.2 Å². The van der Waals surface area contributed by atoms with Crippen molar-refractivity contribution in [1.82, 2.24) is 19.8 Å². The molecule has 3 rings (SSSR count). The van der Waals surface area contributed by atoms with E-state index in [2.05, 4.69) is 15.3 Å². The molecule has 0 amide bonds. The molecule has 0 saturated carbocycles. The third-order valence-electron chi connectivity index (χ3n) is 2.72. The highest BCUT2D eigenvalue weighted by molar-refractivity contribution is 5.65. The van der Waals surface area contributed by atoms with Crippen LogP contribution >= 0.6 is 0 Å². The normalized spacial score (nSPS) is 10.9. The van der Waals surface area contributed by atoms with Crippen LogP contribution in [-0.2, 0) is 0 Å². The van der Waals surface area contributed by atoms with Gasteiger partial charge in [0.2, 0.25) is 0 Å². The van der Waals surface area contributed by atoms with Crippen LogP contribution in [0.4, 0.5) is 5.69 Å². The van der Waals surface area contributed by atoms with Crippen LogP contribution in [0.2, 0.25) is 0 Å². The molecule has 0 bridgehead atoms. The molecule has 5 nitrogen and oxygen atoms in total. The van der Waals surface area contributed by atoms with Gasteiger partial charge in [0, 0.05) is 17.4 Å². The molecule has 0 aliphatic heterocycles. The molecule has 5 heteroatoms. The van der Waals surface area contributed by atoms with Gasteiger partial charge in [-0.3, -0.25) is 0 Å². The van der Waals surface area contributed by atoms with E-state index in [0.29, 0.717) is 5.82 Å². The van der Waals surface area contributed by atoms with E-state index in [4.69, 9.17) is 5.73 Å². The van der Waals surface area contributed by atoms with E-state index in [9.17, 15) is 0 Å². The maximum Gasteiger partial charge on any atom is 0.185 e. The second-order valence-electron chi connectivity index (χ2n) is 3.89. The first-order valence-electron chi connectivity index (χ1n) is 5.28. The first kappa shape index (κ1) is 9.77. The van der Waals surface area contributed by atoms with E-state index in [1.165, 1.54) is 0 Å². The Balaban J connectivity index is 2.24. The lowest BCUT2D eigenvalue weighted by atomic mass is 10.1. The van der Waals surface area contributed by atoms with E-state index < -0.39 is 0 Å². The lowest BCUT2D eigenvalue weighted by Gasteiger charge is -2.02. The summed E-state index contributed by atoms with van der Waals surface area (Å²) in [6.45, 7) is 1.97. The number of nitrogen functional groups attached to an aromatic ring is 1. The third-order valence-corrected chi connectivity index (χ3v) is 2.72. The minimum atomic E-state index is 0.701. The van der Waals surface area contributed by atoms with E-state index in [1.54, 1.807) is 10.7 Å². The fraction of sp³-hybridized carbons (Fsp3) is 0.0833. The Morgan fingerprint density at radius 3 is 2.88 bits per heavy atom. The molecule has 0 unspecified atom stereocenters. The predicted molar refractivity (Wildman–Crippen MR) is 65.4 cm³/mol. The van der Waals surface area contributed by atoms with Crippen LogP contribution in [0.25, 0.3) is 17.0 Å². The lowest BCUT2D eigenvalue weighted by Crippen LogP contribution is -1.95. The van der Waals surface area contributed by atoms with Crippen molar-refractivity contribution in [2.45, 2.75) is 6.92 Å². The van der Waals surface area contributed by atoms with Crippen LogP contribution in [-0.4, -0.2) is 19.8 Å². The van der Waals surface area contributed by atoms with Crippen molar-refractivity contribution >= 4 is 11.3 Å². The maximum atomic E-state index is 5.89. The highest BCUT2D eigenvalue weighted by atomic mass is 15.4. The number of hydrogen-bond donors (Lipinski definition) is 1. The van der Waals surface area contributed by atoms with E-state index in [-0.39, 0.29) is 0 Å². The summed E-state index contributed by atoms with van der Waals surface area (Å²) in [4.78, 5) is 0. The van der Waals surface area contributed by atoms with Crippen LogP contribution in [0.3, 0.4) is 0 Å². The van der Waals surface area contributed by atoms with E-state index in [1.807, 2.05) is 37.3 Å². The smallest absolute Gasteiger partial charge is 0.185 e. The lowest BCUT2D eigenvalue weighted by molar-refractivity contribution is 0.935. The number of aromatic nitrogens is 4. The van der Waals surface area contributed by atoms with Gasteiger partial charge in [-0.2, -0.15) is 9.61 Å². The van der Waals surface area contributed by atoms with Gasteiger partial charge in [0.15, 0.2) is 11.5 Å². The average Bonchev–Trinajstić information content (AvgIpc) is 2.76. The quantitative estimate of drug-likeness (QED) is 0.640. The van der Waals surface area contributed by atoms with Crippen molar-refractivity contribution in [2.75, 3.05) is 5.73 Å².